The van der Waals surface area contributed by atoms with E-state index in [0.717, 1.165) is 28.7 Å². The van der Waals surface area contributed by atoms with Gasteiger partial charge in [-0.2, -0.15) is 4.72 Å². The highest BCUT2D eigenvalue weighted by atomic mass is 32.2. The molecule has 1 aliphatic carbocycles. The van der Waals surface area contributed by atoms with Gasteiger partial charge >= 0.3 is 0 Å². The summed E-state index contributed by atoms with van der Waals surface area (Å²) in [6, 6.07) is 25.3. The Kier molecular flexibility index (Phi) is 5.94. The first-order chi connectivity index (χ1) is 14.9. The van der Waals surface area contributed by atoms with Crippen molar-refractivity contribution in [1.29, 1.82) is 0 Å². The molecule has 3 aromatic rings. The van der Waals surface area contributed by atoms with Crippen LogP contribution in [0.1, 0.15) is 24.5 Å². The molecule has 2 atom stereocenters. The third-order valence-corrected chi connectivity index (χ3v) is 7.44. The van der Waals surface area contributed by atoms with Crippen LogP contribution in [-0.2, 0) is 15.6 Å². The number of sulfonamides is 1. The summed E-state index contributed by atoms with van der Waals surface area (Å²) in [6.45, 7) is 4.03. The summed E-state index contributed by atoms with van der Waals surface area (Å²) in [7, 11) is -3.72. The minimum atomic E-state index is -3.72. The number of allylic oxidation sites excluding steroid dienone is 2. The van der Waals surface area contributed by atoms with Gasteiger partial charge in [0, 0.05) is 5.92 Å². The monoisotopic (exact) mass is 429 g/mol. The van der Waals surface area contributed by atoms with E-state index in [0.29, 0.717) is 0 Å². The van der Waals surface area contributed by atoms with E-state index in [-0.39, 0.29) is 10.8 Å². The lowest BCUT2D eigenvalue weighted by atomic mass is 9.75. The first-order valence-corrected chi connectivity index (χ1v) is 12.1. The second-order valence-electron chi connectivity index (χ2n) is 7.99. The highest BCUT2D eigenvalue weighted by Crippen LogP contribution is 2.39. The van der Waals surface area contributed by atoms with E-state index in [1.807, 2.05) is 67.6 Å². The molecule has 0 amide bonds. The van der Waals surface area contributed by atoms with Gasteiger partial charge < -0.3 is 0 Å². The van der Waals surface area contributed by atoms with Crippen molar-refractivity contribution in [2.75, 3.05) is 0 Å². The molecule has 0 saturated heterocycles. The van der Waals surface area contributed by atoms with E-state index in [1.54, 1.807) is 12.1 Å². The normalized spacial score (nSPS) is 20.6. The Bertz CT molecular complexity index is 1190. The van der Waals surface area contributed by atoms with Crippen LogP contribution in [-0.4, -0.2) is 8.42 Å². The maximum atomic E-state index is 13.4. The molecule has 0 spiro atoms. The fourth-order valence-corrected chi connectivity index (χ4v) is 5.58. The molecule has 0 aromatic heterocycles. The van der Waals surface area contributed by atoms with Crippen LogP contribution < -0.4 is 4.72 Å². The number of aryl methyl sites for hydroxylation is 1. The van der Waals surface area contributed by atoms with Crippen molar-refractivity contribution in [3.63, 3.8) is 0 Å². The summed E-state index contributed by atoms with van der Waals surface area (Å²) >= 11 is 0. The molecule has 31 heavy (non-hydrogen) atoms. The Morgan fingerprint density at radius 3 is 2.13 bits per heavy atom. The lowest BCUT2D eigenvalue weighted by Crippen LogP contribution is -2.49. The average Bonchev–Trinajstić information content (AvgIpc) is 2.80. The zero-order valence-electron chi connectivity index (χ0n) is 17.8. The number of hydrogen-bond acceptors (Lipinski definition) is 2. The van der Waals surface area contributed by atoms with Crippen LogP contribution in [0.5, 0.6) is 0 Å². The summed E-state index contributed by atoms with van der Waals surface area (Å²) < 4.78 is 29.8. The van der Waals surface area contributed by atoms with Crippen molar-refractivity contribution in [2.24, 2.45) is 5.92 Å². The lowest BCUT2D eigenvalue weighted by Gasteiger charge is -2.39. The third kappa shape index (κ3) is 4.27. The number of benzene rings is 3. The van der Waals surface area contributed by atoms with Gasteiger partial charge in [0.2, 0.25) is 10.0 Å². The average molecular weight is 430 g/mol. The van der Waals surface area contributed by atoms with Crippen molar-refractivity contribution < 1.29 is 8.42 Å². The predicted molar refractivity (Wildman–Crippen MR) is 127 cm³/mol. The third-order valence-electron chi connectivity index (χ3n) is 5.94. The molecule has 4 heteroatoms. The second kappa shape index (κ2) is 8.66. The fraction of sp³-hybridized carbons (Fsp3) is 0.185. The molecule has 3 aromatic carbocycles. The van der Waals surface area contributed by atoms with Crippen molar-refractivity contribution in [1.82, 2.24) is 4.72 Å². The second-order valence-corrected chi connectivity index (χ2v) is 9.67. The number of rotatable bonds is 6. The zero-order chi connectivity index (χ0) is 21.9. The minimum absolute atomic E-state index is 0.000277. The van der Waals surface area contributed by atoms with E-state index >= 15 is 0 Å². The Morgan fingerprint density at radius 1 is 0.839 bits per heavy atom. The molecule has 0 aliphatic heterocycles. The van der Waals surface area contributed by atoms with Crippen molar-refractivity contribution in [2.45, 2.75) is 30.7 Å². The summed E-state index contributed by atoms with van der Waals surface area (Å²) in [4.78, 5) is 0.274. The van der Waals surface area contributed by atoms with Gasteiger partial charge in [-0.1, -0.05) is 104 Å². The quantitative estimate of drug-likeness (QED) is 0.523. The van der Waals surface area contributed by atoms with E-state index in [4.69, 9.17) is 0 Å². The van der Waals surface area contributed by atoms with Crippen LogP contribution in [0.2, 0.25) is 0 Å². The molecule has 158 valence electrons. The molecule has 0 radical (unpaired) electrons. The van der Waals surface area contributed by atoms with Crippen LogP contribution in [0, 0.1) is 12.8 Å². The van der Waals surface area contributed by atoms with Crippen molar-refractivity contribution in [3.8, 4) is 11.1 Å². The highest BCUT2D eigenvalue weighted by Gasteiger charge is 2.41. The van der Waals surface area contributed by atoms with Crippen LogP contribution in [0.15, 0.2) is 108 Å². The molecule has 2 unspecified atom stereocenters. The summed E-state index contributed by atoms with van der Waals surface area (Å²) in [5.74, 6) is 0.000277. The molecule has 4 rings (SSSR count). The Labute approximate surface area is 185 Å². The molecular formula is C27H27NO2S. The van der Waals surface area contributed by atoms with Gasteiger partial charge in [0.1, 0.15) is 0 Å². The predicted octanol–water partition coefficient (Wildman–Crippen LogP) is 5.99. The topological polar surface area (TPSA) is 46.2 Å². The number of hydrogen-bond donors (Lipinski definition) is 1. The molecular weight excluding hydrogens is 402 g/mol. The maximum absolute atomic E-state index is 13.4. The largest absolute Gasteiger partial charge is 0.241 e. The first kappa shape index (κ1) is 21.3. The van der Waals surface area contributed by atoms with Gasteiger partial charge in [-0.25, -0.2) is 8.42 Å². The van der Waals surface area contributed by atoms with E-state index in [1.165, 1.54) is 0 Å². The van der Waals surface area contributed by atoms with Gasteiger partial charge in [-0.15, -0.1) is 0 Å². The highest BCUT2D eigenvalue weighted by molar-refractivity contribution is 7.89. The zero-order valence-corrected chi connectivity index (χ0v) is 18.6. The molecule has 0 bridgehead atoms. The van der Waals surface area contributed by atoms with E-state index in [9.17, 15) is 8.42 Å². The van der Waals surface area contributed by atoms with Crippen LogP contribution in [0.25, 0.3) is 11.1 Å². The SMILES string of the molecule is CCC1C=CC=CC1(NS(=O)(=O)c1ccc(C)cc1)c1ccc(-c2ccccc2)cc1. The lowest BCUT2D eigenvalue weighted by molar-refractivity contribution is 0.354. The maximum Gasteiger partial charge on any atom is 0.241 e. The minimum Gasteiger partial charge on any atom is -0.207 e. The Hall–Kier alpha value is -2.95. The van der Waals surface area contributed by atoms with Gasteiger partial charge in [-0.3, -0.25) is 0 Å². The fourth-order valence-electron chi connectivity index (χ4n) is 4.19. The van der Waals surface area contributed by atoms with Gasteiger partial charge in [0.15, 0.2) is 0 Å². The van der Waals surface area contributed by atoms with Crippen molar-refractivity contribution >= 4 is 10.0 Å². The molecule has 0 heterocycles. The first-order valence-electron chi connectivity index (χ1n) is 10.6. The molecule has 1 N–H and O–H groups in total. The molecule has 0 saturated carbocycles. The summed E-state index contributed by atoms with van der Waals surface area (Å²) in [5, 5.41) is 0. The van der Waals surface area contributed by atoms with Crippen LogP contribution >= 0.6 is 0 Å². The molecule has 1 aliphatic rings. The van der Waals surface area contributed by atoms with Gasteiger partial charge in [0.25, 0.3) is 0 Å². The summed E-state index contributed by atoms with van der Waals surface area (Å²) in [6.07, 6.45) is 8.78. The van der Waals surface area contributed by atoms with E-state index < -0.39 is 15.6 Å². The van der Waals surface area contributed by atoms with Crippen LogP contribution in [0.4, 0.5) is 0 Å². The van der Waals surface area contributed by atoms with Crippen molar-refractivity contribution in [3.05, 3.63) is 114 Å². The van der Waals surface area contributed by atoms with Crippen LogP contribution in [0.3, 0.4) is 0 Å². The smallest absolute Gasteiger partial charge is 0.207 e. The standard InChI is InChI=1S/C27H27NO2S/c1-3-24-11-7-8-20-27(24,28-31(29,30)26-18-12-21(2)13-19-26)25-16-14-23(15-17-25)22-9-5-4-6-10-22/h4-20,24,28H,3H2,1-2H3. The van der Waals surface area contributed by atoms with Gasteiger partial charge in [-0.05, 0) is 42.2 Å². The molecule has 0 fully saturated rings. The summed E-state index contributed by atoms with van der Waals surface area (Å²) in [5.41, 5.74) is 3.34. The van der Waals surface area contributed by atoms with Gasteiger partial charge in [0.05, 0.1) is 10.4 Å². The van der Waals surface area contributed by atoms with E-state index in [2.05, 4.69) is 42.0 Å². The number of nitrogens with one attached hydrogen (secondary N) is 1. The molecule has 3 nitrogen and oxygen atoms in total. The Balaban J connectivity index is 1.77. The Morgan fingerprint density at radius 2 is 1.48 bits per heavy atom.